The van der Waals surface area contributed by atoms with Gasteiger partial charge in [-0.25, -0.2) is 4.39 Å². The number of nitrogens with one attached hydrogen (secondary N) is 1. The van der Waals surface area contributed by atoms with Crippen LogP contribution in [0.15, 0.2) is 47.4 Å². The summed E-state index contributed by atoms with van der Waals surface area (Å²) in [5, 5.41) is 12.4. The Labute approximate surface area is 144 Å². The number of hydrogen-bond acceptors (Lipinski definition) is 4. The average Bonchev–Trinajstić information content (AvgIpc) is 2.98. The Morgan fingerprint density at radius 2 is 2.12 bits per heavy atom. The van der Waals surface area contributed by atoms with Crippen LogP contribution in [0.5, 0.6) is 0 Å². The highest BCUT2D eigenvalue weighted by molar-refractivity contribution is 5.93. The molecule has 0 radical (unpaired) electrons. The van der Waals surface area contributed by atoms with Crippen LogP contribution in [0.25, 0.3) is 5.69 Å². The maximum Gasteiger partial charge on any atom is 0.255 e. The summed E-state index contributed by atoms with van der Waals surface area (Å²) in [4.78, 5) is 24.1. The van der Waals surface area contributed by atoms with Crippen LogP contribution in [0.4, 0.5) is 10.1 Å². The Bertz CT molecular complexity index is 836. The molecule has 132 valence electrons. The van der Waals surface area contributed by atoms with E-state index in [1.54, 1.807) is 24.4 Å². The molecule has 0 aliphatic heterocycles. The first-order valence-corrected chi connectivity index (χ1v) is 8.16. The average molecular weight is 345 g/mol. The molecule has 1 aromatic heterocycles. The smallest absolute Gasteiger partial charge is 0.255 e. The first-order chi connectivity index (χ1) is 12.0. The highest BCUT2D eigenvalue weighted by atomic mass is 19.1. The highest BCUT2D eigenvalue weighted by Gasteiger charge is 2.36. The number of aliphatic hydroxyl groups excluding tert-OH is 1. The highest BCUT2D eigenvalue weighted by Crippen LogP contribution is 2.32. The quantitative estimate of drug-likeness (QED) is 0.777. The molecule has 1 aliphatic carbocycles. The zero-order valence-corrected chi connectivity index (χ0v) is 13.6. The van der Waals surface area contributed by atoms with Gasteiger partial charge in [0, 0.05) is 24.2 Å². The van der Waals surface area contributed by atoms with Gasteiger partial charge >= 0.3 is 0 Å². The molecular formula is C18H20FN3O3. The van der Waals surface area contributed by atoms with E-state index in [-0.39, 0.29) is 29.0 Å². The molecule has 1 saturated carbocycles. The van der Waals surface area contributed by atoms with E-state index < -0.39 is 11.9 Å². The number of halogens is 1. The zero-order valence-electron chi connectivity index (χ0n) is 13.6. The molecule has 1 heterocycles. The third-order valence-corrected chi connectivity index (χ3v) is 4.64. The molecule has 0 saturated heterocycles. The predicted molar refractivity (Wildman–Crippen MR) is 91.9 cm³/mol. The van der Waals surface area contributed by atoms with Gasteiger partial charge in [-0.15, -0.1) is 0 Å². The van der Waals surface area contributed by atoms with E-state index in [1.165, 1.54) is 22.8 Å². The van der Waals surface area contributed by atoms with Gasteiger partial charge in [0.15, 0.2) is 0 Å². The molecule has 3 rings (SSSR count). The fourth-order valence-corrected chi connectivity index (χ4v) is 3.20. The van der Waals surface area contributed by atoms with Gasteiger partial charge in [-0.05, 0) is 43.5 Å². The van der Waals surface area contributed by atoms with Crippen LogP contribution >= 0.6 is 0 Å². The summed E-state index contributed by atoms with van der Waals surface area (Å²) in [6, 6.07) is 8.85. The fourth-order valence-electron chi connectivity index (χ4n) is 3.20. The van der Waals surface area contributed by atoms with Gasteiger partial charge in [0.2, 0.25) is 5.91 Å². The standard InChI is InChI=1S/C18H20FN3O3/c19-14-9-13(22-6-2-1-3-17(22)24)4-5-15(14)21-18(25)11-7-12(10-20)16(23)8-11/h1-6,9,11-12,16,23H,7-8,10,20H2,(H,21,25). The van der Waals surface area contributed by atoms with E-state index in [0.717, 1.165) is 0 Å². The molecule has 25 heavy (non-hydrogen) atoms. The molecule has 0 bridgehead atoms. The topological polar surface area (TPSA) is 97.4 Å². The zero-order chi connectivity index (χ0) is 18.0. The van der Waals surface area contributed by atoms with Gasteiger partial charge in [-0.1, -0.05) is 6.07 Å². The van der Waals surface area contributed by atoms with Crippen molar-refractivity contribution in [3.8, 4) is 5.69 Å². The molecule has 7 heteroatoms. The Balaban J connectivity index is 1.75. The van der Waals surface area contributed by atoms with Crippen molar-refractivity contribution in [1.82, 2.24) is 4.57 Å². The van der Waals surface area contributed by atoms with E-state index in [2.05, 4.69) is 5.32 Å². The van der Waals surface area contributed by atoms with E-state index >= 15 is 0 Å². The first kappa shape index (κ1) is 17.3. The van der Waals surface area contributed by atoms with Gasteiger partial charge in [0.05, 0.1) is 17.5 Å². The van der Waals surface area contributed by atoms with Crippen LogP contribution in [0.1, 0.15) is 12.8 Å². The van der Waals surface area contributed by atoms with Crippen molar-refractivity contribution in [2.24, 2.45) is 17.6 Å². The lowest BCUT2D eigenvalue weighted by molar-refractivity contribution is -0.119. The summed E-state index contributed by atoms with van der Waals surface area (Å²) in [5.74, 6) is -1.46. The van der Waals surface area contributed by atoms with Crippen LogP contribution in [-0.4, -0.2) is 28.2 Å². The van der Waals surface area contributed by atoms with Crippen molar-refractivity contribution >= 4 is 11.6 Å². The number of aliphatic hydroxyl groups is 1. The van der Waals surface area contributed by atoms with Crippen molar-refractivity contribution in [2.75, 3.05) is 11.9 Å². The number of pyridine rings is 1. The van der Waals surface area contributed by atoms with E-state index in [9.17, 15) is 19.1 Å². The lowest BCUT2D eigenvalue weighted by Gasteiger charge is -2.13. The minimum atomic E-state index is -0.629. The maximum absolute atomic E-state index is 14.3. The molecule has 6 nitrogen and oxygen atoms in total. The van der Waals surface area contributed by atoms with Gasteiger partial charge < -0.3 is 16.2 Å². The van der Waals surface area contributed by atoms with Crippen LogP contribution in [0, 0.1) is 17.7 Å². The summed E-state index contributed by atoms with van der Waals surface area (Å²) >= 11 is 0. The second kappa shape index (κ2) is 7.16. The van der Waals surface area contributed by atoms with Crippen molar-refractivity contribution in [1.29, 1.82) is 0 Å². The normalized spacial score (nSPS) is 22.8. The fraction of sp³-hybridized carbons (Fsp3) is 0.333. The number of amides is 1. The summed E-state index contributed by atoms with van der Waals surface area (Å²) in [6.45, 7) is 0.319. The van der Waals surface area contributed by atoms with Crippen molar-refractivity contribution in [3.63, 3.8) is 0 Å². The first-order valence-electron chi connectivity index (χ1n) is 8.16. The Kier molecular flexibility index (Phi) is 4.96. The molecule has 1 aliphatic rings. The predicted octanol–water partition coefficient (Wildman–Crippen LogP) is 1.26. The molecule has 1 fully saturated rings. The second-order valence-electron chi connectivity index (χ2n) is 6.29. The summed E-state index contributed by atoms with van der Waals surface area (Å²) in [7, 11) is 0. The lowest BCUT2D eigenvalue weighted by Crippen LogP contribution is -2.22. The van der Waals surface area contributed by atoms with E-state index in [4.69, 9.17) is 5.73 Å². The summed E-state index contributed by atoms with van der Waals surface area (Å²) < 4.78 is 15.6. The number of anilines is 1. The molecule has 3 atom stereocenters. The van der Waals surface area contributed by atoms with Crippen molar-refractivity contribution in [3.05, 3.63) is 58.8 Å². The third-order valence-electron chi connectivity index (χ3n) is 4.64. The molecule has 0 spiro atoms. The summed E-state index contributed by atoms with van der Waals surface area (Å²) in [6.07, 6.45) is 1.76. The SMILES string of the molecule is NCC1CC(C(=O)Nc2ccc(-n3ccccc3=O)cc2F)CC1O. The largest absolute Gasteiger partial charge is 0.393 e. The number of carbonyl (C=O) groups is 1. The van der Waals surface area contributed by atoms with Crippen molar-refractivity contribution in [2.45, 2.75) is 18.9 Å². The van der Waals surface area contributed by atoms with Crippen LogP contribution < -0.4 is 16.6 Å². The third kappa shape index (κ3) is 3.62. The minimum absolute atomic E-state index is 0.0448. The molecule has 4 N–H and O–H groups in total. The number of carbonyl (C=O) groups excluding carboxylic acids is 1. The van der Waals surface area contributed by atoms with Gasteiger partial charge in [0.1, 0.15) is 5.82 Å². The number of benzene rings is 1. The molecule has 1 amide bonds. The summed E-state index contributed by atoms with van der Waals surface area (Å²) in [5.41, 5.74) is 5.72. The monoisotopic (exact) mass is 345 g/mol. The van der Waals surface area contributed by atoms with Gasteiger partial charge in [0.25, 0.3) is 5.56 Å². The van der Waals surface area contributed by atoms with E-state index in [1.807, 2.05) is 0 Å². The molecule has 1 aromatic carbocycles. The molecule has 3 unspecified atom stereocenters. The van der Waals surface area contributed by atoms with Gasteiger partial charge in [-0.3, -0.25) is 14.2 Å². The Morgan fingerprint density at radius 3 is 2.76 bits per heavy atom. The maximum atomic E-state index is 14.3. The number of rotatable bonds is 4. The number of aromatic nitrogens is 1. The molecular weight excluding hydrogens is 325 g/mol. The van der Waals surface area contributed by atoms with Crippen LogP contribution in [0.3, 0.4) is 0 Å². The Hall–Kier alpha value is -2.51. The minimum Gasteiger partial charge on any atom is -0.393 e. The number of nitrogens with zero attached hydrogens (tertiary/aromatic N) is 1. The van der Waals surface area contributed by atoms with Crippen LogP contribution in [-0.2, 0) is 4.79 Å². The molecule has 2 aromatic rings. The second-order valence-corrected chi connectivity index (χ2v) is 6.29. The number of hydrogen-bond donors (Lipinski definition) is 3. The van der Waals surface area contributed by atoms with Crippen LogP contribution in [0.2, 0.25) is 0 Å². The van der Waals surface area contributed by atoms with E-state index in [0.29, 0.717) is 25.1 Å². The number of nitrogens with two attached hydrogens (primary N) is 1. The lowest BCUT2D eigenvalue weighted by atomic mass is 10.0. The van der Waals surface area contributed by atoms with Gasteiger partial charge in [-0.2, -0.15) is 0 Å². The van der Waals surface area contributed by atoms with Crippen molar-refractivity contribution < 1.29 is 14.3 Å². The Morgan fingerprint density at radius 1 is 1.32 bits per heavy atom.